The van der Waals surface area contributed by atoms with E-state index >= 15 is 0 Å². The van der Waals surface area contributed by atoms with Gasteiger partial charge in [-0.1, -0.05) is 24.3 Å². The van der Waals surface area contributed by atoms with Crippen LogP contribution in [0.25, 0.3) is 11.4 Å². The number of nitrogens with zero attached hydrogens (tertiary/aromatic N) is 5. The number of aryl methyl sites for hydroxylation is 3. The topological polar surface area (TPSA) is 109 Å². The molecule has 7 nitrogen and oxygen atoms in total. The first-order chi connectivity index (χ1) is 16.0. The Labute approximate surface area is 193 Å². The molecule has 1 saturated heterocycles. The maximum atomic E-state index is 13.4. The molecule has 3 aromatic rings. The minimum absolute atomic E-state index is 0.0185. The normalized spacial score (nSPS) is 14.0. The minimum Gasteiger partial charge on any atom is -0.339 e. The quantitative estimate of drug-likeness (QED) is 0.633. The molecule has 0 spiro atoms. The van der Waals surface area contributed by atoms with Crippen molar-refractivity contribution in [1.29, 1.82) is 10.5 Å². The Bertz CT molecular complexity index is 1250. The molecule has 0 unspecified atom stereocenters. The maximum Gasteiger partial charge on any atom is 0.254 e. The predicted octanol–water partition coefficient (Wildman–Crippen LogP) is 4.44. The fourth-order valence-corrected chi connectivity index (χ4v) is 4.56. The number of likely N-dealkylation sites (tertiary alicyclic amines) is 1. The van der Waals surface area contributed by atoms with Crippen molar-refractivity contribution in [2.45, 2.75) is 45.4 Å². The second-order valence-electron chi connectivity index (χ2n) is 8.53. The number of aromatic nitrogens is 3. The highest BCUT2D eigenvalue weighted by atomic mass is 16.2. The van der Waals surface area contributed by atoms with Gasteiger partial charge in [-0.15, -0.1) is 10.2 Å². The van der Waals surface area contributed by atoms with Crippen molar-refractivity contribution in [2.75, 3.05) is 13.1 Å². The summed E-state index contributed by atoms with van der Waals surface area (Å²) in [4.78, 5) is 18.5. The van der Waals surface area contributed by atoms with Crippen LogP contribution < -0.4 is 0 Å². The SMILES string of the molecule is Cc1cc(C)c(-c2nnc(CCC#N)[nH]2)cc1C(=O)N1CCC(c2ccccc2C#N)CC1. The van der Waals surface area contributed by atoms with E-state index in [-0.39, 0.29) is 5.91 Å². The third-order valence-corrected chi connectivity index (χ3v) is 6.37. The van der Waals surface area contributed by atoms with E-state index in [1.807, 2.05) is 55.1 Å². The molecule has 1 amide bonds. The highest BCUT2D eigenvalue weighted by Gasteiger charge is 2.27. The number of nitriles is 2. The van der Waals surface area contributed by atoms with Gasteiger partial charge >= 0.3 is 0 Å². The van der Waals surface area contributed by atoms with Gasteiger partial charge in [0, 0.05) is 37.1 Å². The molecule has 0 radical (unpaired) electrons. The van der Waals surface area contributed by atoms with E-state index in [0.29, 0.717) is 49.1 Å². The van der Waals surface area contributed by atoms with Crippen LogP contribution in [0.3, 0.4) is 0 Å². The summed E-state index contributed by atoms with van der Waals surface area (Å²) in [6.45, 7) is 5.27. The second-order valence-corrected chi connectivity index (χ2v) is 8.53. The number of carbonyl (C=O) groups excluding carboxylic acids is 1. The zero-order valence-corrected chi connectivity index (χ0v) is 18.9. The molecule has 1 aliphatic heterocycles. The average Bonchev–Trinajstić information content (AvgIpc) is 3.31. The highest BCUT2D eigenvalue weighted by Crippen LogP contribution is 2.32. The highest BCUT2D eigenvalue weighted by molar-refractivity contribution is 5.97. The van der Waals surface area contributed by atoms with Crippen LogP contribution in [0, 0.1) is 36.5 Å². The molecule has 0 saturated carbocycles. The lowest BCUT2D eigenvalue weighted by Crippen LogP contribution is -2.38. The van der Waals surface area contributed by atoms with E-state index in [1.54, 1.807) is 0 Å². The fourth-order valence-electron chi connectivity index (χ4n) is 4.56. The lowest BCUT2D eigenvalue weighted by molar-refractivity contribution is 0.0712. The number of piperidine rings is 1. The summed E-state index contributed by atoms with van der Waals surface area (Å²) in [7, 11) is 0. The Morgan fingerprint density at radius 1 is 1.12 bits per heavy atom. The Balaban J connectivity index is 1.52. The number of amides is 1. The third-order valence-electron chi connectivity index (χ3n) is 6.37. The largest absolute Gasteiger partial charge is 0.339 e. The van der Waals surface area contributed by atoms with Crippen LogP contribution in [0.1, 0.15) is 63.6 Å². The second kappa shape index (κ2) is 9.67. The van der Waals surface area contributed by atoms with Gasteiger partial charge in [-0.05, 0) is 61.4 Å². The van der Waals surface area contributed by atoms with Gasteiger partial charge in [-0.2, -0.15) is 10.5 Å². The molecule has 7 heteroatoms. The molecule has 1 aromatic heterocycles. The van der Waals surface area contributed by atoms with Gasteiger partial charge < -0.3 is 9.88 Å². The van der Waals surface area contributed by atoms with E-state index in [1.165, 1.54) is 0 Å². The molecular weight excluding hydrogens is 412 g/mol. The molecule has 1 aliphatic rings. The summed E-state index contributed by atoms with van der Waals surface area (Å²) in [5.41, 5.74) is 5.26. The van der Waals surface area contributed by atoms with Gasteiger partial charge in [0.15, 0.2) is 5.82 Å². The van der Waals surface area contributed by atoms with Crippen LogP contribution in [0.15, 0.2) is 36.4 Å². The zero-order chi connectivity index (χ0) is 23.4. The first kappa shape index (κ1) is 22.2. The molecule has 2 heterocycles. The first-order valence-electron chi connectivity index (χ1n) is 11.2. The van der Waals surface area contributed by atoms with Crippen molar-refractivity contribution in [1.82, 2.24) is 20.1 Å². The Morgan fingerprint density at radius 2 is 1.88 bits per heavy atom. The van der Waals surface area contributed by atoms with Crippen LogP contribution in [0.4, 0.5) is 0 Å². The first-order valence-corrected chi connectivity index (χ1v) is 11.2. The van der Waals surface area contributed by atoms with Crippen molar-refractivity contribution >= 4 is 5.91 Å². The van der Waals surface area contributed by atoms with E-state index < -0.39 is 0 Å². The van der Waals surface area contributed by atoms with Crippen molar-refractivity contribution in [2.24, 2.45) is 0 Å². The van der Waals surface area contributed by atoms with Gasteiger partial charge in [-0.25, -0.2) is 0 Å². The van der Waals surface area contributed by atoms with E-state index in [0.717, 1.165) is 40.7 Å². The Morgan fingerprint density at radius 3 is 2.61 bits per heavy atom. The molecule has 0 bridgehead atoms. The van der Waals surface area contributed by atoms with Crippen LogP contribution in [-0.4, -0.2) is 39.1 Å². The maximum absolute atomic E-state index is 13.4. The van der Waals surface area contributed by atoms with Crippen molar-refractivity contribution in [3.63, 3.8) is 0 Å². The van der Waals surface area contributed by atoms with Crippen LogP contribution in [0.2, 0.25) is 0 Å². The third kappa shape index (κ3) is 4.63. The predicted molar refractivity (Wildman–Crippen MR) is 124 cm³/mol. The fraction of sp³-hybridized carbons (Fsp3) is 0.346. The number of aromatic amines is 1. The zero-order valence-electron chi connectivity index (χ0n) is 18.9. The van der Waals surface area contributed by atoms with Crippen molar-refractivity contribution in [3.8, 4) is 23.5 Å². The molecule has 2 aromatic carbocycles. The molecule has 1 N–H and O–H groups in total. The molecule has 0 atom stereocenters. The molecule has 166 valence electrons. The van der Waals surface area contributed by atoms with Crippen molar-refractivity contribution < 1.29 is 4.79 Å². The summed E-state index contributed by atoms with van der Waals surface area (Å²) in [6.07, 6.45) is 2.57. The van der Waals surface area contributed by atoms with Crippen LogP contribution in [-0.2, 0) is 6.42 Å². The summed E-state index contributed by atoms with van der Waals surface area (Å²) < 4.78 is 0. The monoisotopic (exact) mass is 438 g/mol. The number of rotatable bonds is 5. The number of hydrogen-bond donors (Lipinski definition) is 1. The molecule has 0 aliphatic carbocycles. The van der Waals surface area contributed by atoms with E-state index in [9.17, 15) is 10.1 Å². The number of H-pyrrole nitrogens is 1. The smallest absolute Gasteiger partial charge is 0.254 e. The number of carbonyl (C=O) groups is 1. The Hall–Kier alpha value is -3.97. The van der Waals surface area contributed by atoms with Gasteiger partial charge in [0.2, 0.25) is 0 Å². The van der Waals surface area contributed by atoms with E-state index in [2.05, 4.69) is 27.3 Å². The summed E-state index contributed by atoms with van der Waals surface area (Å²) in [5.74, 6) is 1.59. The number of nitrogens with one attached hydrogen (secondary N) is 1. The van der Waals surface area contributed by atoms with Crippen LogP contribution in [0.5, 0.6) is 0 Å². The lowest BCUT2D eigenvalue weighted by atomic mass is 9.86. The molecule has 4 rings (SSSR count). The lowest BCUT2D eigenvalue weighted by Gasteiger charge is -2.33. The Kier molecular flexibility index (Phi) is 6.51. The average molecular weight is 439 g/mol. The van der Waals surface area contributed by atoms with Gasteiger partial charge in [-0.3, -0.25) is 4.79 Å². The van der Waals surface area contributed by atoms with Gasteiger partial charge in [0.25, 0.3) is 5.91 Å². The van der Waals surface area contributed by atoms with Gasteiger partial charge in [0.05, 0.1) is 17.7 Å². The molecule has 1 fully saturated rings. The standard InChI is InChI=1S/C26H26N6O/c1-17-14-18(2)23(15-22(17)25-29-24(30-31-25)8-5-11-27)26(33)32-12-9-19(10-13-32)21-7-4-3-6-20(21)16-28/h3-4,6-7,14-15,19H,5,8-10,12-13H2,1-2H3,(H,29,30,31). The summed E-state index contributed by atoms with van der Waals surface area (Å²) in [5, 5.41) is 26.6. The number of benzene rings is 2. The minimum atomic E-state index is 0.0185. The number of hydrogen-bond acceptors (Lipinski definition) is 5. The summed E-state index contributed by atoms with van der Waals surface area (Å²) >= 11 is 0. The van der Waals surface area contributed by atoms with Crippen molar-refractivity contribution in [3.05, 3.63) is 70.0 Å². The molecule has 33 heavy (non-hydrogen) atoms. The van der Waals surface area contributed by atoms with Gasteiger partial charge in [0.1, 0.15) is 5.82 Å². The van der Waals surface area contributed by atoms with E-state index in [4.69, 9.17) is 5.26 Å². The van der Waals surface area contributed by atoms with Crippen LogP contribution >= 0.6 is 0 Å². The molecular formula is C26H26N6O. The summed E-state index contributed by atoms with van der Waals surface area (Å²) in [6, 6.07) is 16.1.